The van der Waals surface area contributed by atoms with Crippen molar-refractivity contribution in [3.8, 4) is 17.0 Å². The SMILES string of the molecule is Cc1nc(NC(C)c2cccc(OCCO)c2)cc(-c2ccc3cc[nH]c3c2)n1. The minimum absolute atomic E-state index is 0.00467. The average molecular weight is 388 g/mol. The van der Waals surface area contributed by atoms with Crippen molar-refractivity contribution in [3.63, 3.8) is 0 Å². The minimum atomic E-state index is -0.00467. The molecule has 1 unspecified atom stereocenters. The molecule has 0 bridgehead atoms. The molecule has 3 N–H and O–H groups in total. The molecule has 0 saturated heterocycles. The smallest absolute Gasteiger partial charge is 0.130 e. The zero-order valence-corrected chi connectivity index (χ0v) is 16.5. The van der Waals surface area contributed by atoms with Crippen LogP contribution in [0, 0.1) is 6.92 Å². The Kier molecular flexibility index (Phi) is 5.44. The standard InChI is InChI=1S/C23H24N4O2/c1-15(18-4-3-5-20(12-18)29-11-10-28)25-23-14-22(26-16(2)27-23)19-7-6-17-8-9-24-21(17)13-19/h3-9,12-15,24,28H,10-11H2,1-2H3,(H,25,26,27). The monoisotopic (exact) mass is 388 g/mol. The Morgan fingerprint density at radius 3 is 2.86 bits per heavy atom. The number of aryl methyl sites for hydroxylation is 1. The Labute approximate surface area is 169 Å². The van der Waals surface area contributed by atoms with Crippen LogP contribution in [0.2, 0.25) is 0 Å². The highest BCUT2D eigenvalue weighted by Crippen LogP contribution is 2.26. The lowest BCUT2D eigenvalue weighted by atomic mass is 10.1. The van der Waals surface area contributed by atoms with Gasteiger partial charge >= 0.3 is 0 Å². The van der Waals surface area contributed by atoms with Crippen LogP contribution in [-0.2, 0) is 0 Å². The number of nitrogens with one attached hydrogen (secondary N) is 2. The summed E-state index contributed by atoms with van der Waals surface area (Å²) in [5.74, 6) is 2.22. The van der Waals surface area contributed by atoms with Crippen molar-refractivity contribution in [1.82, 2.24) is 15.0 Å². The van der Waals surface area contributed by atoms with Gasteiger partial charge in [0.15, 0.2) is 0 Å². The second kappa shape index (κ2) is 8.32. The first kappa shape index (κ1) is 19.0. The number of ether oxygens (including phenoxy) is 1. The van der Waals surface area contributed by atoms with Gasteiger partial charge in [-0.2, -0.15) is 0 Å². The van der Waals surface area contributed by atoms with Crippen LogP contribution >= 0.6 is 0 Å². The summed E-state index contributed by atoms with van der Waals surface area (Å²) in [4.78, 5) is 12.4. The molecule has 29 heavy (non-hydrogen) atoms. The fraction of sp³-hybridized carbons (Fsp3) is 0.217. The molecular formula is C23H24N4O2. The molecule has 1 atom stereocenters. The molecule has 148 valence electrons. The number of aromatic amines is 1. The summed E-state index contributed by atoms with van der Waals surface area (Å²) in [6.07, 6.45) is 1.94. The van der Waals surface area contributed by atoms with E-state index >= 15 is 0 Å². The lowest BCUT2D eigenvalue weighted by molar-refractivity contribution is 0.201. The number of aliphatic hydroxyl groups is 1. The van der Waals surface area contributed by atoms with Crippen LogP contribution in [0.25, 0.3) is 22.2 Å². The van der Waals surface area contributed by atoms with E-state index in [-0.39, 0.29) is 19.3 Å². The number of benzene rings is 2. The van der Waals surface area contributed by atoms with E-state index in [0.29, 0.717) is 5.82 Å². The van der Waals surface area contributed by atoms with Gasteiger partial charge in [0.1, 0.15) is 24.0 Å². The predicted molar refractivity (Wildman–Crippen MR) is 115 cm³/mol. The maximum Gasteiger partial charge on any atom is 0.130 e. The third-order valence-corrected chi connectivity index (χ3v) is 4.77. The van der Waals surface area contributed by atoms with Crippen molar-refractivity contribution in [2.75, 3.05) is 18.5 Å². The van der Waals surface area contributed by atoms with Crippen molar-refractivity contribution in [3.05, 3.63) is 72.2 Å². The Balaban J connectivity index is 1.57. The third kappa shape index (κ3) is 4.38. The molecule has 6 heteroatoms. The molecule has 0 aliphatic carbocycles. The normalized spacial score (nSPS) is 12.1. The highest BCUT2D eigenvalue weighted by Gasteiger charge is 2.11. The molecule has 0 aliphatic heterocycles. The summed E-state index contributed by atoms with van der Waals surface area (Å²) in [5.41, 5.74) is 4.08. The van der Waals surface area contributed by atoms with Gasteiger partial charge in [-0.05, 0) is 49.1 Å². The minimum Gasteiger partial charge on any atom is -0.491 e. The van der Waals surface area contributed by atoms with Crippen molar-refractivity contribution in [1.29, 1.82) is 0 Å². The number of rotatable bonds is 7. The number of hydrogen-bond acceptors (Lipinski definition) is 5. The Bertz CT molecular complexity index is 1120. The molecule has 0 radical (unpaired) electrons. The number of anilines is 1. The van der Waals surface area contributed by atoms with Crippen LogP contribution in [-0.4, -0.2) is 33.3 Å². The maximum atomic E-state index is 8.94. The molecular weight excluding hydrogens is 364 g/mol. The zero-order valence-electron chi connectivity index (χ0n) is 16.5. The lowest BCUT2D eigenvalue weighted by Crippen LogP contribution is -2.10. The first-order chi connectivity index (χ1) is 14.1. The average Bonchev–Trinajstić information content (AvgIpc) is 3.20. The second-order valence-electron chi connectivity index (χ2n) is 6.98. The van der Waals surface area contributed by atoms with Crippen molar-refractivity contribution in [2.24, 2.45) is 0 Å². The highest BCUT2D eigenvalue weighted by molar-refractivity contribution is 5.84. The first-order valence-corrected chi connectivity index (χ1v) is 9.66. The molecule has 0 aliphatic rings. The maximum absolute atomic E-state index is 8.94. The quantitative estimate of drug-likeness (QED) is 0.435. The largest absolute Gasteiger partial charge is 0.491 e. The summed E-state index contributed by atoms with van der Waals surface area (Å²) in [6, 6.07) is 18.2. The summed E-state index contributed by atoms with van der Waals surface area (Å²) < 4.78 is 5.51. The Morgan fingerprint density at radius 1 is 1.10 bits per heavy atom. The highest BCUT2D eigenvalue weighted by atomic mass is 16.5. The van der Waals surface area contributed by atoms with Crippen LogP contribution in [0.4, 0.5) is 5.82 Å². The van der Waals surface area contributed by atoms with E-state index in [0.717, 1.165) is 33.9 Å². The molecule has 2 aromatic carbocycles. The van der Waals surface area contributed by atoms with Gasteiger partial charge in [-0.3, -0.25) is 0 Å². The fourth-order valence-corrected chi connectivity index (χ4v) is 3.34. The molecule has 2 heterocycles. The zero-order chi connectivity index (χ0) is 20.2. The molecule has 0 fully saturated rings. The van der Waals surface area contributed by atoms with Crippen molar-refractivity contribution < 1.29 is 9.84 Å². The molecule has 4 rings (SSSR count). The predicted octanol–water partition coefficient (Wildman–Crippen LogP) is 4.48. The third-order valence-electron chi connectivity index (χ3n) is 4.77. The number of hydrogen-bond donors (Lipinski definition) is 3. The Morgan fingerprint density at radius 2 is 2.00 bits per heavy atom. The van der Waals surface area contributed by atoms with E-state index in [1.807, 2.05) is 43.5 Å². The second-order valence-corrected chi connectivity index (χ2v) is 6.98. The van der Waals surface area contributed by atoms with Crippen molar-refractivity contribution in [2.45, 2.75) is 19.9 Å². The molecule has 4 aromatic rings. The number of H-pyrrole nitrogens is 1. The number of aliphatic hydroxyl groups excluding tert-OH is 1. The van der Waals surface area contributed by atoms with E-state index in [1.54, 1.807) is 0 Å². The fourth-order valence-electron chi connectivity index (χ4n) is 3.34. The van der Waals surface area contributed by atoms with E-state index in [1.165, 1.54) is 5.39 Å². The lowest BCUT2D eigenvalue weighted by Gasteiger charge is -2.17. The van der Waals surface area contributed by atoms with E-state index < -0.39 is 0 Å². The van der Waals surface area contributed by atoms with Gasteiger partial charge in [0.05, 0.1) is 18.3 Å². The summed E-state index contributed by atoms with van der Waals surface area (Å²) in [6.45, 7) is 4.25. The van der Waals surface area contributed by atoms with Gasteiger partial charge in [0.25, 0.3) is 0 Å². The van der Waals surface area contributed by atoms with Gasteiger partial charge in [-0.15, -0.1) is 0 Å². The summed E-state index contributed by atoms with van der Waals surface area (Å²) >= 11 is 0. The summed E-state index contributed by atoms with van der Waals surface area (Å²) in [7, 11) is 0. The van der Waals surface area contributed by atoms with Gasteiger partial charge in [0, 0.05) is 23.3 Å². The van der Waals surface area contributed by atoms with Crippen molar-refractivity contribution >= 4 is 16.7 Å². The molecule has 0 saturated carbocycles. The molecule has 0 spiro atoms. The van der Waals surface area contributed by atoms with Crippen LogP contribution in [0.1, 0.15) is 24.4 Å². The topological polar surface area (TPSA) is 83.1 Å². The molecule has 6 nitrogen and oxygen atoms in total. The number of fused-ring (bicyclic) bond motifs is 1. The van der Waals surface area contributed by atoms with Gasteiger partial charge in [-0.25, -0.2) is 9.97 Å². The van der Waals surface area contributed by atoms with Crippen LogP contribution in [0.3, 0.4) is 0 Å². The van der Waals surface area contributed by atoms with Gasteiger partial charge in [0.2, 0.25) is 0 Å². The van der Waals surface area contributed by atoms with Crippen LogP contribution < -0.4 is 10.1 Å². The van der Waals surface area contributed by atoms with Gasteiger partial charge < -0.3 is 20.1 Å². The summed E-state index contributed by atoms with van der Waals surface area (Å²) in [5, 5.41) is 13.6. The van der Waals surface area contributed by atoms with Crippen LogP contribution in [0.15, 0.2) is 60.8 Å². The molecule has 0 amide bonds. The number of nitrogens with zero attached hydrogens (tertiary/aromatic N) is 2. The first-order valence-electron chi connectivity index (χ1n) is 9.66. The van der Waals surface area contributed by atoms with E-state index in [4.69, 9.17) is 9.84 Å². The van der Waals surface area contributed by atoms with E-state index in [9.17, 15) is 0 Å². The van der Waals surface area contributed by atoms with Crippen LogP contribution in [0.5, 0.6) is 5.75 Å². The molecule has 2 aromatic heterocycles. The van der Waals surface area contributed by atoms with Gasteiger partial charge in [-0.1, -0.05) is 24.3 Å². The van der Waals surface area contributed by atoms with E-state index in [2.05, 4.69) is 51.5 Å². The number of aromatic nitrogens is 3. The Hall–Kier alpha value is -3.38.